The van der Waals surface area contributed by atoms with Gasteiger partial charge >= 0.3 is 11.9 Å². The second-order valence-corrected chi connectivity index (χ2v) is 3.89. The maximum absolute atomic E-state index is 11.2. The Balaban J connectivity index is 3.82. The van der Waals surface area contributed by atoms with E-state index in [0.717, 1.165) is 37.8 Å². The van der Waals surface area contributed by atoms with Crippen LogP contribution >= 0.6 is 0 Å². The molecule has 0 aliphatic carbocycles. The molecule has 0 saturated carbocycles. The topological polar surface area (TPSA) is 52.6 Å². The Bertz CT molecular complexity index is 258. The number of unbranched alkanes of at least 4 members (excludes halogenated alkanes) is 1. The van der Waals surface area contributed by atoms with Gasteiger partial charge in [0.05, 0.1) is 12.7 Å². The van der Waals surface area contributed by atoms with Crippen molar-refractivity contribution in [3.05, 3.63) is 12.2 Å². The van der Waals surface area contributed by atoms with Crippen molar-refractivity contribution in [2.24, 2.45) is 0 Å². The Hall–Kier alpha value is -1.32. The minimum atomic E-state index is -0.501. The Morgan fingerprint density at radius 2 is 1.76 bits per heavy atom. The summed E-state index contributed by atoms with van der Waals surface area (Å²) < 4.78 is 9.89. The quantitative estimate of drug-likeness (QED) is 0.373. The summed E-state index contributed by atoms with van der Waals surface area (Å²) in [5, 5.41) is 0. The van der Waals surface area contributed by atoms with Crippen LogP contribution in [0.1, 0.15) is 46.5 Å². The van der Waals surface area contributed by atoms with Gasteiger partial charge < -0.3 is 9.47 Å². The van der Waals surface area contributed by atoms with Crippen molar-refractivity contribution in [2.45, 2.75) is 52.6 Å². The maximum atomic E-state index is 11.2. The normalized spacial score (nSPS) is 12.4. The molecule has 0 aromatic heterocycles. The molecule has 1 atom stereocenters. The largest absolute Gasteiger partial charge is 0.463 e. The first kappa shape index (κ1) is 15.7. The van der Waals surface area contributed by atoms with Crippen LogP contribution in [0.5, 0.6) is 0 Å². The third-order valence-electron chi connectivity index (χ3n) is 2.11. The molecule has 0 aliphatic rings. The molecule has 0 fully saturated rings. The molecule has 0 bridgehead atoms. The summed E-state index contributed by atoms with van der Waals surface area (Å²) in [6.45, 7) is 6.25. The summed E-state index contributed by atoms with van der Waals surface area (Å²) in [6, 6.07) is 0. The van der Waals surface area contributed by atoms with E-state index < -0.39 is 11.9 Å². The van der Waals surface area contributed by atoms with E-state index in [4.69, 9.17) is 9.47 Å². The molecule has 0 amide bonds. The Kier molecular flexibility index (Phi) is 9.11. The summed E-state index contributed by atoms with van der Waals surface area (Å²) in [5.41, 5.74) is 0. The lowest BCUT2D eigenvalue weighted by molar-refractivity contribution is -0.143. The summed E-state index contributed by atoms with van der Waals surface area (Å²) in [5.74, 6) is -1.00. The van der Waals surface area contributed by atoms with Crippen LogP contribution in [0, 0.1) is 0 Å². The molecule has 0 rings (SSSR count). The van der Waals surface area contributed by atoms with Crippen LogP contribution in [0.15, 0.2) is 12.2 Å². The van der Waals surface area contributed by atoms with Crippen molar-refractivity contribution in [3.63, 3.8) is 0 Å². The number of rotatable bonds is 8. The second-order valence-electron chi connectivity index (χ2n) is 3.89. The van der Waals surface area contributed by atoms with E-state index in [1.165, 1.54) is 0 Å². The van der Waals surface area contributed by atoms with Gasteiger partial charge in [-0.25, -0.2) is 9.59 Å². The number of hydrogen-bond acceptors (Lipinski definition) is 4. The first-order chi connectivity index (χ1) is 8.10. The van der Waals surface area contributed by atoms with E-state index >= 15 is 0 Å². The molecule has 98 valence electrons. The van der Waals surface area contributed by atoms with Gasteiger partial charge in [-0.3, -0.25) is 0 Å². The maximum Gasteiger partial charge on any atom is 0.331 e. The minimum absolute atomic E-state index is 0.117. The lowest BCUT2D eigenvalue weighted by Gasteiger charge is -2.09. The number of carbonyl (C=O) groups excluding carboxylic acids is 2. The van der Waals surface area contributed by atoms with E-state index in [-0.39, 0.29) is 6.10 Å². The molecule has 0 heterocycles. The Morgan fingerprint density at radius 3 is 2.35 bits per heavy atom. The highest BCUT2D eigenvalue weighted by Crippen LogP contribution is 2.01. The predicted octanol–water partition coefficient (Wildman–Crippen LogP) is 2.62. The van der Waals surface area contributed by atoms with Gasteiger partial charge in [0.25, 0.3) is 0 Å². The molecule has 0 aromatic carbocycles. The summed E-state index contributed by atoms with van der Waals surface area (Å²) >= 11 is 0. The van der Waals surface area contributed by atoms with Crippen LogP contribution in [-0.2, 0) is 19.1 Å². The molecule has 0 N–H and O–H groups in total. The van der Waals surface area contributed by atoms with Crippen molar-refractivity contribution < 1.29 is 19.1 Å². The predicted molar refractivity (Wildman–Crippen MR) is 65.5 cm³/mol. The lowest BCUT2D eigenvalue weighted by atomic mass is 10.2. The van der Waals surface area contributed by atoms with Crippen LogP contribution < -0.4 is 0 Å². The van der Waals surface area contributed by atoms with Gasteiger partial charge in [0.1, 0.15) is 0 Å². The molecular weight excluding hydrogens is 220 g/mol. The fourth-order valence-electron chi connectivity index (χ4n) is 1.20. The Labute approximate surface area is 103 Å². The van der Waals surface area contributed by atoms with Crippen LogP contribution in [0.3, 0.4) is 0 Å². The standard InChI is InChI=1S/C13H22O4/c1-4-6-10-16-12(14)8-9-13(15)17-11(3)7-5-2/h8-9,11H,4-7,10H2,1-3H3/b9-8+. The van der Waals surface area contributed by atoms with Crippen molar-refractivity contribution >= 4 is 11.9 Å². The van der Waals surface area contributed by atoms with E-state index in [9.17, 15) is 9.59 Å². The molecule has 4 heteroatoms. The number of carbonyl (C=O) groups is 2. The Morgan fingerprint density at radius 1 is 1.12 bits per heavy atom. The molecule has 17 heavy (non-hydrogen) atoms. The lowest BCUT2D eigenvalue weighted by Crippen LogP contribution is -2.13. The molecular formula is C13H22O4. The molecule has 0 radical (unpaired) electrons. The van der Waals surface area contributed by atoms with Gasteiger partial charge in [-0.2, -0.15) is 0 Å². The number of ether oxygens (including phenoxy) is 2. The zero-order valence-corrected chi connectivity index (χ0v) is 10.9. The molecule has 0 saturated heterocycles. The smallest absolute Gasteiger partial charge is 0.331 e. The first-order valence-corrected chi connectivity index (χ1v) is 6.15. The van der Waals surface area contributed by atoms with E-state index in [1.807, 2.05) is 20.8 Å². The minimum Gasteiger partial charge on any atom is -0.463 e. The fourth-order valence-corrected chi connectivity index (χ4v) is 1.20. The van der Waals surface area contributed by atoms with Crippen molar-refractivity contribution in [1.82, 2.24) is 0 Å². The van der Waals surface area contributed by atoms with Gasteiger partial charge in [-0.1, -0.05) is 26.7 Å². The van der Waals surface area contributed by atoms with E-state index in [0.29, 0.717) is 6.61 Å². The molecule has 4 nitrogen and oxygen atoms in total. The van der Waals surface area contributed by atoms with Crippen molar-refractivity contribution in [2.75, 3.05) is 6.61 Å². The van der Waals surface area contributed by atoms with Crippen LogP contribution in [-0.4, -0.2) is 24.6 Å². The van der Waals surface area contributed by atoms with Gasteiger partial charge in [0, 0.05) is 12.2 Å². The van der Waals surface area contributed by atoms with Crippen molar-refractivity contribution in [1.29, 1.82) is 0 Å². The number of hydrogen-bond donors (Lipinski definition) is 0. The SMILES string of the molecule is CCCCOC(=O)/C=C/C(=O)OC(C)CCC. The van der Waals surface area contributed by atoms with Gasteiger partial charge in [-0.05, 0) is 19.8 Å². The fraction of sp³-hybridized carbons (Fsp3) is 0.692. The van der Waals surface area contributed by atoms with Crippen LogP contribution in [0.2, 0.25) is 0 Å². The monoisotopic (exact) mass is 242 g/mol. The average Bonchev–Trinajstić information content (AvgIpc) is 2.27. The van der Waals surface area contributed by atoms with Crippen molar-refractivity contribution in [3.8, 4) is 0 Å². The van der Waals surface area contributed by atoms with Crippen LogP contribution in [0.4, 0.5) is 0 Å². The summed E-state index contributed by atoms with van der Waals surface area (Å²) in [7, 11) is 0. The van der Waals surface area contributed by atoms with E-state index in [2.05, 4.69) is 0 Å². The molecule has 0 aromatic rings. The van der Waals surface area contributed by atoms with Gasteiger partial charge in [0.2, 0.25) is 0 Å². The zero-order valence-electron chi connectivity index (χ0n) is 10.9. The number of esters is 2. The van der Waals surface area contributed by atoms with Gasteiger partial charge in [-0.15, -0.1) is 0 Å². The molecule has 1 unspecified atom stereocenters. The third kappa shape index (κ3) is 9.60. The highest BCUT2D eigenvalue weighted by Gasteiger charge is 2.06. The summed E-state index contributed by atoms with van der Waals surface area (Å²) in [6.07, 6.45) is 5.67. The molecule has 0 aliphatic heterocycles. The van der Waals surface area contributed by atoms with Gasteiger partial charge in [0.15, 0.2) is 0 Å². The average molecular weight is 242 g/mol. The molecule has 0 spiro atoms. The highest BCUT2D eigenvalue weighted by atomic mass is 16.5. The first-order valence-electron chi connectivity index (χ1n) is 6.15. The third-order valence-corrected chi connectivity index (χ3v) is 2.11. The van der Waals surface area contributed by atoms with Crippen LogP contribution in [0.25, 0.3) is 0 Å². The second kappa shape index (κ2) is 9.87. The zero-order chi connectivity index (χ0) is 13.1. The highest BCUT2D eigenvalue weighted by molar-refractivity contribution is 5.91. The van der Waals surface area contributed by atoms with E-state index in [1.54, 1.807) is 0 Å². The summed E-state index contributed by atoms with van der Waals surface area (Å²) in [4.78, 5) is 22.4.